The molecule has 140 valence electrons. The van der Waals surface area contributed by atoms with E-state index in [0.29, 0.717) is 31.9 Å². The fraction of sp³-hybridized carbons (Fsp3) is 0.316. The molecule has 3 rings (SSSR count). The maximum atomic E-state index is 12.0. The summed E-state index contributed by atoms with van der Waals surface area (Å²) in [6.45, 7) is 4.95. The number of thiazole rings is 1. The van der Waals surface area contributed by atoms with Crippen LogP contribution in [0.4, 0.5) is 5.95 Å². The Morgan fingerprint density at radius 1 is 1.15 bits per heavy atom. The molecule has 0 radical (unpaired) electrons. The maximum absolute atomic E-state index is 12.0. The molecule has 0 aliphatic heterocycles. The highest BCUT2D eigenvalue weighted by molar-refractivity contribution is 7.13. The predicted molar refractivity (Wildman–Crippen MR) is 106 cm³/mol. The average molecular weight is 382 g/mol. The fourth-order valence-corrected chi connectivity index (χ4v) is 3.32. The van der Waals surface area contributed by atoms with Gasteiger partial charge in [-0.2, -0.15) is 0 Å². The molecule has 0 saturated heterocycles. The van der Waals surface area contributed by atoms with Crippen LogP contribution in [-0.4, -0.2) is 32.4 Å². The van der Waals surface area contributed by atoms with E-state index in [1.54, 1.807) is 6.20 Å². The Hall–Kier alpha value is -2.87. The number of hydrogen-bond donors (Lipinski definition) is 2. The van der Waals surface area contributed by atoms with Gasteiger partial charge in [-0.3, -0.25) is 9.78 Å². The highest BCUT2D eigenvalue weighted by Crippen LogP contribution is 2.21. The molecule has 27 heavy (non-hydrogen) atoms. The van der Waals surface area contributed by atoms with Crippen LogP contribution in [0.5, 0.6) is 0 Å². The van der Waals surface area contributed by atoms with Crippen LogP contribution in [0, 0.1) is 13.8 Å². The van der Waals surface area contributed by atoms with Gasteiger partial charge in [0, 0.05) is 35.9 Å². The Morgan fingerprint density at radius 3 is 2.70 bits per heavy atom. The number of hydrogen-bond acceptors (Lipinski definition) is 7. The Bertz CT molecular complexity index is 876. The fourth-order valence-electron chi connectivity index (χ4n) is 2.53. The molecular weight excluding hydrogens is 360 g/mol. The van der Waals surface area contributed by atoms with Gasteiger partial charge in [0.2, 0.25) is 11.9 Å². The van der Waals surface area contributed by atoms with Gasteiger partial charge in [-0.15, -0.1) is 11.3 Å². The summed E-state index contributed by atoms with van der Waals surface area (Å²) in [7, 11) is 0. The number of nitrogens with zero attached hydrogens (tertiary/aromatic N) is 4. The molecule has 0 atom stereocenters. The van der Waals surface area contributed by atoms with E-state index in [1.165, 1.54) is 11.3 Å². The monoisotopic (exact) mass is 382 g/mol. The molecule has 2 N–H and O–H groups in total. The van der Waals surface area contributed by atoms with Crippen LogP contribution >= 0.6 is 11.3 Å². The lowest BCUT2D eigenvalue weighted by Crippen LogP contribution is -2.23. The van der Waals surface area contributed by atoms with E-state index in [4.69, 9.17) is 0 Å². The van der Waals surface area contributed by atoms with Crippen LogP contribution in [-0.2, 0) is 11.3 Å². The third-order valence-corrected chi connectivity index (χ3v) is 4.66. The Morgan fingerprint density at radius 2 is 1.96 bits per heavy atom. The van der Waals surface area contributed by atoms with Gasteiger partial charge in [-0.25, -0.2) is 15.0 Å². The van der Waals surface area contributed by atoms with Gasteiger partial charge in [0.25, 0.3) is 0 Å². The minimum Gasteiger partial charge on any atom is -0.354 e. The summed E-state index contributed by atoms with van der Waals surface area (Å²) >= 11 is 1.53. The average Bonchev–Trinajstić information content (AvgIpc) is 3.13. The molecule has 0 fully saturated rings. The smallest absolute Gasteiger partial charge is 0.223 e. The third-order valence-electron chi connectivity index (χ3n) is 3.75. The summed E-state index contributed by atoms with van der Waals surface area (Å²) in [6.07, 6.45) is 2.89. The van der Waals surface area contributed by atoms with Crippen molar-refractivity contribution in [3.05, 3.63) is 52.9 Å². The Kier molecular flexibility index (Phi) is 6.43. The quantitative estimate of drug-likeness (QED) is 0.582. The molecule has 0 aliphatic carbocycles. The summed E-state index contributed by atoms with van der Waals surface area (Å²) in [4.78, 5) is 29.4. The zero-order valence-corrected chi connectivity index (χ0v) is 16.2. The minimum atomic E-state index is 0.00512. The summed E-state index contributed by atoms with van der Waals surface area (Å²) < 4.78 is 0. The molecule has 1 amide bonds. The van der Waals surface area contributed by atoms with Gasteiger partial charge in [0.15, 0.2) is 0 Å². The molecule has 7 nitrogen and oxygen atoms in total. The first-order valence-corrected chi connectivity index (χ1v) is 9.67. The van der Waals surface area contributed by atoms with Gasteiger partial charge < -0.3 is 10.6 Å². The van der Waals surface area contributed by atoms with Crippen LogP contribution < -0.4 is 10.6 Å². The van der Waals surface area contributed by atoms with Crippen LogP contribution in [0.2, 0.25) is 0 Å². The van der Waals surface area contributed by atoms with Gasteiger partial charge in [-0.1, -0.05) is 6.07 Å². The number of rotatable bonds is 8. The van der Waals surface area contributed by atoms with E-state index >= 15 is 0 Å². The standard InChI is InChI=1S/C19H22N6OS/c1-13-10-14(2)24-19(23-13)21-9-5-7-17(26)22-11-15-12-27-18(25-15)16-6-3-4-8-20-16/h3-4,6,8,10,12H,5,7,9,11H2,1-2H3,(H,22,26)(H,21,23,24). The summed E-state index contributed by atoms with van der Waals surface area (Å²) in [5, 5.41) is 8.87. The van der Waals surface area contributed by atoms with Crippen molar-refractivity contribution in [2.75, 3.05) is 11.9 Å². The van der Waals surface area contributed by atoms with Crippen molar-refractivity contribution in [3.8, 4) is 10.7 Å². The minimum absolute atomic E-state index is 0.00512. The SMILES string of the molecule is Cc1cc(C)nc(NCCCC(=O)NCc2csc(-c3ccccn3)n2)n1. The van der Waals surface area contributed by atoms with Crippen molar-refractivity contribution in [2.24, 2.45) is 0 Å². The number of anilines is 1. The van der Waals surface area contributed by atoms with Crippen molar-refractivity contribution < 1.29 is 4.79 Å². The van der Waals surface area contributed by atoms with Crippen molar-refractivity contribution in [2.45, 2.75) is 33.2 Å². The molecule has 3 heterocycles. The zero-order chi connectivity index (χ0) is 19.1. The predicted octanol–water partition coefficient (Wildman–Crippen LogP) is 3.12. The van der Waals surface area contributed by atoms with Gasteiger partial charge >= 0.3 is 0 Å². The first kappa shape index (κ1) is 18.9. The van der Waals surface area contributed by atoms with E-state index in [1.807, 2.05) is 43.5 Å². The van der Waals surface area contributed by atoms with Crippen LogP contribution in [0.1, 0.15) is 29.9 Å². The van der Waals surface area contributed by atoms with Crippen molar-refractivity contribution in [1.29, 1.82) is 0 Å². The van der Waals surface area contributed by atoms with Crippen LogP contribution in [0.15, 0.2) is 35.8 Å². The van der Waals surface area contributed by atoms with E-state index < -0.39 is 0 Å². The first-order chi connectivity index (χ1) is 13.1. The topological polar surface area (TPSA) is 92.7 Å². The second-order valence-corrected chi connectivity index (χ2v) is 7.00. The Labute approximate surface area is 162 Å². The van der Waals surface area contributed by atoms with Crippen molar-refractivity contribution in [1.82, 2.24) is 25.3 Å². The molecular formula is C19H22N6OS. The lowest BCUT2D eigenvalue weighted by molar-refractivity contribution is -0.121. The van der Waals surface area contributed by atoms with Crippen molar-refractivity contribution >= 4 is 23.2 Å². The zero-order valence-electron chi connectivity index (χ0n) is 15.4. The van der Waals surface area contributed by atoms with Crippen LogP contribution in [0.3, 0.4) is 0 Å². The first-order valence-electron chi connectivity index (χ1n) is 8.79. The van der Waals surface area contributed by atoms with E-state index in [-0.39, 0.29) is 5.91 Å². The molecule has 0 unspecified atom stereocenters. The number of carbonyl (C=O) groups excluding carboxylic acids is 1. The number of amides is 1. The molecule has 3 aromatic heterocycles. The molecule has 0 aromatic carbocycles. The second-order valence-electron chi connectivity index (χ2n) is 6.14. The van der Waals surface area contributed by atoms with E-state index in [0.717, 1.165) is 27.8 Å². The van der Waals surface area contributed by atoms with E-state index in [9.17, 15) is 4.79 Å². The summed E-state index contributed by atoms with van der Waals surface area (Å²) in [5.41, 5.74) is 3.54. The normalized spacial score (nSPS) is 10.6. The number of nitrogens with one attached hydrogen (secondary N) is 2. The van der Waals surface area contributed by atoms with Gasteiger partial charge in [0.05, 0.1) is 17.9 Å². The summed E-state index contributed by atoms with van der Waals surface area (Å²) in [6, 6.07) is 7.66. The molecule has 3 aromatic rings. The van der Waals surface area contributed by atoms with Crippen molar-refractivity contribution in [3.63, 3.8) is 0 Å². The number of aromatic nitrogens is 4. The summed E-state index contributed by atoms with van der Waals surface area (Å²) in [5.74, 6) is 0.614. The number of aryl methyl sites for hydroxylation is 2. The highest BCUT2D eigenvalue weighted by Gasteiger charge is 2.07. The largest absolute Gasteiger partial charge is 0.354 e. The highest BCUT2D eigenvalue weighted by atomic mass is 32.1. The molecule has 0 bridgehead atoms. The lowest BCUT2D eigenvalue weighted by Gasteiger charge is -2.07. The van der Waals surface area contributed by atoms with Gasteiger partial charge in [-0.05, 0) is 38.5 Å². The lowest BCUT2D eigenvalue weighted by atomic mass is 10.3. The van der Waals surface area contributed by atoms with Gasteiger partial charge in [0.1, 0.15) is 5.01 Å². The number of pyridine rings is 1. The second kappa shape index (κ2) is 9.18. The molecule has 0 spiro atoms. The molecule has 0 aliphatic rings. The third kappa shape index (κ3) is 5.82. The maximum Gasteiger partial charge on any atom is 0.223 e. The number of carbonyl (C=O) groups is 1. The molecule has 8 heteroatoms. The van der Waals surface area contributed by atoms with E-state index in [2.05, 4.69) is 30.6 Å². The Balaban J connectivity index is 1.38. The van der Waals surface area contributed by atoms with Crippen LogP contribution in [0.25, 0.3) is 10.7 Å². The molecule has 0 saturated carbocycles.